The van der Waals surface area contributed by atoms with Crippen LogP contribution in [0.25, 0.3) is 0 Å². The number of aryl methyl sites for hydroxylation is 1. The molecule has 2 fully saturated rings. The molecule has 1 aromatic heterocycles. The van der Waals surface area contributed by atoms with Crippen LogP contribution in [0.1, 0.15) is 57.6 Å². The van der Waals surface area contributed by atoms with Crippen LogP contribution in [0.4, 0.5) is 11.5 Å². The second-order valence-electron chi connectivity index (χ2n) is 8.61. The monoisotopic (exact) mass is 410 g/mol. The molecular weight excluding hydrogens is 380 g/mol. The Bertz CT molecular complexity index is 913. The Morgan fingerprint density at radius 2 is 1.90 bits per heavy atom. The van der Waals surface area contributed by atoms with Crippen molar-refractivity contribution >= 4 is 23.3 Å². The molecule has 2 aliphatic rings. The Kier molecular flexibility index (Phi) is 5.79. The maximum atomic E-state index is 13.0. The van der Waals surface area contributed by atoms with Crippen LogP contribution in [-0.2, 0) is 9.59 Å². The SMILES string of the molecule is Cc1cnn(C2CCCC2)c1NC(=O)C1CC(=O)N(c2ccc(OC(C)C)cc2)C1. The Balaban J connectivity index is 1.43. The van der Waals surface area contributed by atoms with E-state index in [0.717, 1.165) is 35.7 Å². The van der Waals surface area contributed by atoms with Crippen molar-refractivity contribution < 1.29 is 14.3 Å². The Labute approximate surface area is 177 Å². The van der Waals surface area contributed by atoms with Crippen molar-refractivity contribution in [2.75, 3.05) is 16.8 Å². The summed E-state index contributed by atoms with van der Waals surface area (Å²) in [5, 5.41) is 7.56. The quantitative estimate of drug-likeness (QED) is 0.778. The molecule has 1 unspecified atom stereocenters. The first-order chi connectivity index (χ1) is 14.4. The summed E-state index contributed by atoms with van der Waals surface area (Å²) in [5.74, 6) is 1.01. The first kappa shape index (κ1) is 20.4. The van der Waals surface area contributed by atoms with Gasteiger partial charge in [-0.05, 0) is 57.9 Å². The van der Waals surface area contributed by atoms with Crippen molar-refractivity contribution in [1.82, 2.24) is 9.78 Å². The number of nitrogens with zero attached hydrogens (tertiary/aromatic N) is 3. The van der Waals surface area contributed by atoms with E-state index >= 15 is 0 Å². The summed E-state index contributed by atoms with van der Waals surface area (Å²) in [7, 11) is 0. The third-order valence-corrected chi connectivity index (χ3v) is 5.91. The molecule has 1 atom stereocenters. The largest absolute Gasteiger partial charge is 0.491 e. The number of carbonyl (C=O) groups excluding carboxylic acids is 2. The van der Waals surface area contributed by atoms with Gasteiger partial charge in [0.2, 0.25) is 11.8 Å². The molecule has 160 valence electrons. The van der Waals surface area contributed by atoms with Crippen LogP contribution in [0.5, 0.6) is 5.75 Å². The van der Waals surface area contributed by atoms with E-state index in [9.17, 15) is 9.59 Å². The van der Waals surface area contributed by atoms with Gasteiger partial charge in [0.15, 0.2) is 0 Å². The molecule has 0 spiro atoms. The number of hydrogen-bond acceptors (Lipinski definition) is 4. The molecule has 1 saturated carbocycles. The van der Waals surface area contributed by atoms with Gasteiger partial charge < -0.3 is 15.0 Å². The number of amides is 2. The molecule has 0 bridgehead atoms. The van der Waals surface area contributed by atoms with E-state index in [1.165, 1.54) is 12.8 Å². The van der Waals surface area contributed by atoms with Crippen molar-refractivity contribution in [2.24, 2.45) is 5.92 Å². The molecule has 2 heterocycles. The summed E-state index contributed by atoms with van der Waals surface area (Å²) in [6.45, 7) is 6.29. The lowest BCUT2D eigenvalue weighted by molar-refractivity contribution is -0.122. The fourth-order valence-electron chi connectivity index (χ4n) is 4.36. The summed E-state index contributed by atoms with van der Waals surface area (Å²) in [6, 6.07) is 7.81. The zero-order chi connectivity index (χ0) is 21.3. The molecular formula is C23H30N4O3. The Morgan fingerprint density at radius 1 is 1.20 bits per heavy atom. The summed E-state index contributed by atoms with van der Waals surface area (Å²) in [4.78, 5) is 27.3. The lowest BCUT2D eigenvalue weighted by atomic mass is 10.1. The van der Waals surface area contributed by atoms with E-state index in [1.54, 1.807) is 11.1 Å². The van der Waals surface area contributed by atoms with Crippen LogP contribution in [-0.4, -0.2) is 34.2 Å². The average Bonchev–Trinajstić information content (AvgIpc) is 3.43. The highest BCUT2D eigenvalue weighted by molar-refractivity contribution is 6.03. The van der Waals surface area contributed by atoms with Crippen LogP contribution in [0.2, 0.25) is 0 Å². The molecule has 0 radical (unpaired) electrons. The van der Waals surface area contributed by atoms with Crippen LogP contribution < -0.4 is 15.0 Å². The van der Waals surface area contributed by atoms with Gasteiger partial charge in [-0.15, -0.1) is 0 Å². The maximum absolute atomic E-state index is 13.0. The molecule has 1 N–H and O–H groups in total. The van der Waals surface area contributed by atoms with Crippen LogP contribution in [0.15, 0.2) is 30.5 Å². The average molecular weight is 411 g/mol. The van der Waals surface area contributed by atoms with Gasteiger partial charge in [-0.1, -0.05) is 12.8 Å². The number of ether oxygens (including phenoxy) is 1. The first-order valence-corrected chi connectivity index (χ1v) is 10.8. The minimum absolute atomic E-state index is 0.0336. The fourth-order valence-corrected chi connectivity index (χ4v) is 4.36. The van der Waals surface area contributed by atoms with Gasteiger partial charge in [0, 0.05) is 24.2 Å². The van der Waals surface area contributed by atoms with E-state index in [4.69, 9.17) is 4.74 Å². The van der Waals surface area contributed by atoms with Crippen LogP contribution in [0, 0.1) is 12.8 Å². The smallest absolute Gasteiger partial charge is 0.230 e. The van der Waals surface area contributed by atoms with Crippen molar-refractivity contribution in [1.29, 1.82) is 0 Å². The van der Waals surface area contributed by atoms with Gasteiger partial charge >= 0.3 is 0 Å². The number of carbonyl (C=O) groups is 2. The van der Waals surface area contributed by atoms with Crippen molar-refractivity contribution in [3.63, 3.8) is 0 Å². The summed E-state index contributed by atoms with van der Waals surface area (Å²) >= 11 is 0. The molecule has 7 heteroatoms. The highest BCUT2D eigenvalue weighted by Crippen LogP contribution is 2.33. The third-order valence-electron chi connectivity index (χ3n) is 5.91. The molecule has 2 amide bonds. The summed E-state index contributed by atoms with van der Waals surface area (Å²) < 4.78 is 7.63. The minimum Gasteiger partial charge on any atom is -0.491 e. The highest BCUT2D eigenvalue weighted by Gasteiger charge is 2.36. The highest BCUT2D eigenvalue weighted by atomic mass is 16.5. The first-order valence-electron chi connectivity index (χ1n) is 10.8. The Morgan fingerprint density at radius 3 is 2.57 bits per heavy atom. The molecule has 1 saturated heterocycles. The number of hydrogen-bond donors (Lipinski definition) is 1. The molecule has 1 aromatic carbocycles. The maximum Gasteiger partial charge on any atom is 0.230 e. The molecule has 7 nitrogen and oxygen atoms in total. The molecule has 1 aliphatic carbocycles. The van der Waals surface area contributed by atoms with Crippen molar-refractivity contribution in [3.8, 4) is 5.75 Å². The summed E-state index contributed by atoms with van der Waals surface area (Å²) in [5.41, 5.74) is 1.75. The second-order valence-corrected chi connectivity index (χ2v) is 8.61. The normalized spacial score (nSPS) is 19.7. The van der Waals surface area contributed by atoms with Gasteiger partial charge in [0.1, 0.15) is 11.6 Å². The van der Waals surface area contributed by atoms with E-state index in [0.29, 0.717) is 12.6 Å². The minimum atomic E-state index is -0.379. The zero-order valence-electron chi connectivity index (χ0n) is 17.9. The number of rotatable bonds is 6. The van der Waals surface area contributed by atoms with Gasteiger partial charge in [-0.2, -0.15) is 5.10 Å². The van der Waals surface area contributed by atoms with Gasteiger partial charge in [0.05, 0.1) is 24.3 Å². The van der Waals surface area contributed by atoms with Gasteiger partial charge in [-0.3, -0.25) is 9.59 Å². The fraction of sp³-hybridized carbons (Fsp3) is 0.522. The van der Waals surface area contributed by atoms with Crippen molar-refractivity contribution in [2.45, 2.75) is 65.0 Å². The predicted molar refractivity (Wildman–Crippen MR) is 116 cm³/mol. The zero-order valence-corrected chi connectivity index (χ0v) is 17.9. The lowest BCUT2D eigenvalue weighted by Crippen LogP contribution is -2.29. The molecule has 30 heavy (non-hydrogen) atoms. The number of aromatic nitrogens is 2. The van der Waals surface area contributed by atoms with Gasteiger partial charge in [-0.25, -0.2) is 4.68 Å². The second kappa shape index (κ2) is 8.50. The molecule has 2 aromatic rings. The van der Waals surface area contributed by atoms with Gasteiger partial charge in [0.25, 0.3) is 0 Å². The lowest BCUT2D eigenvalue weighted by Gasteiger charge is -2.19. The van der Waals surface area contributed by atoms with Crippen LogP contribution in [0.3, 0.4) is 0 Å². The van der Waals surface area contributed by atoms with E-state index in [-0.39, 0.29) is 30.3 Å². The Hall–Kier alpha value is -2.83. The number of anilines is 2. The predicted octanol–water partition coefficient (Wildman–Crippen LogP) is 4.09. The standard InChI is InChI=1S/C23H30N4O3/c1-15(2)30-20-10-8-18(9-11-20)26-14-17(12-21(26)28)23(29)25-22-16(3)13-24-27(22)19-6-4-5-7-19/h8-11,13,15,17,19H,4-7,12,14H2,1-3H3,(H,25,29). The number of benzene rings is 1. The molecule has 1 aliphatic heterocycles. The van der Waals surface area contributed by atoms with E-state index < -0.39 is 0 Å². The topological polar surface area (TPSA) is 76.5 Å². The van der Waals surface area contributed by atoms with E-state index in [1.807, 2.05) is 49.7 Å². The summed E-state index contributed by atoms with van der Waals surface area (Å²) in [6.07, 6.45) is 6.70. The number of nitrogens with one attached hydrogen (secondary N) is 1. The van der Waals surface area contributed by atoms with E-state index in [2.05, 4.69) is 10.4 Å². The molecule has 4 rings (SSSR count). The van der Waals surface area contributed by atoms with Crippen molar-refractivity contribution in [3.05, 3.63) is 36.0 Å². The third kappa shape index (κ3) is 4.20. The van der Waals surface area contributed by atoms with Crippen LogP contribution >= 0.6 is 0 Å².